The third-order valence-electron chi connectivity index (χ3n) is 8.02. The van der Waals surface area contributed by atoms with E-state index in [0.29, 0.717) is 37.2 Å². The quantitative estimate of drug-likeness (QED) is 0.189. The maximum Gasteiger partial charge on any atom is 0.194 e. The number of hydrogen-bond donors (Lipinski definition) is 0. The van der Waals surface area contributed by atoms with Crippen LogP contribution in [0.2, 0.25) is 0 Å². The van der Waals surface area contributed by atoms with Crippen molar-refractivity contribution in [3.63, 3.8) is 0 Å². The van der Waals surface area contributed by atoms with Crippen LogP contribution < -0.4 is 0 Å². The van der Waals surface area contributed by atoms with Gasteiger partial charge in [0.2, 0.25) is 0 Å². The molecule has 0 aromatic heterocycles. The molecule has 0 atom stereocenters. The number of alkyl halides is 2. The van der Waals surface area contributed by atoms with Crippen molar-refractivity contribution < 1.29 is 22.0 Å². The first-order valence-electron chi connectivity index (χ1n) is 13.8. The van der Waals surface area contributed by atoms with Gasteiger partial charge in [-0.15, -0.1) is 0 Å². The van der Waals surface area contributed by atoms with Crippen molar-refractivity contribution >= 4 is 0 Å². The number of rotatable bonds is 8. The zero-order valence-electron chi connectivity index (χ0n) is 21.6. The van der Waals surface area contributed by atoms with Gasteiger partial charge < -0.3 is 0 Å². The standard InChI is InChI=1S/C19H29F.C12H12F4/c1-2-3-4-5-16-6-10-18(11-7-16)19-12-8-17(9-13-19)14-15-20;13-9-3-1-7(2-4-9)8-5-10(14)12(16)11(15)6-8/h6-7,10-11,17,19H,2-5,8-9,12-15H2,1H3;5-7,9H,1-4H2. The van der Waals surface area contributed by atoms with Gasteiger partial charge in [0.05, 0.1) is 6.67 Å². The minimum absolute atomic E-state index is 0.0587. The summed E-state index contributed by atoms with van der Waals surface area (Å²) >= 11 is 0. The van der Waals surface area contributed by atoms with E-state index in [9.17, 15) is 22.0 Å². The van der Waals surface area contributed by atoms with Crippen molar-refractivity contribution in [1.29, 1.82) is 0 Å². The van der Waals surface area contributed by atoms with E-state index in [-0.39, 0.29) is 12.6 Å². The Morgan fingerprint density at radius 3 is 1.83 bits per heavy atom. The zero-order chi connectivity index (χ0) is 25.9. The number of hydrogen-bond acceptors (Lipinski definition) is 0. The van der Waals surface area contributed by atoms with Gasteiger partial charge in [0, 0.05) is 0 Å². The van der Waals surface area contributed by atoms with Gasteiger partial charge >= 0.3 is 0 Å². The molecule has 0 unspecified atom stereocenters. The van der Waals surface area contributed by atoms with Crippen molar-refractivity contribution in [1.82, 2.24) is 0 Å². The molecule has 200 valence electrons. The van der Waals surface area contributed by atoms with Gasteiger partial charge in [-0.05, 0) is 117 Å². The Kier molecular flexibility index (Phi) is 11.7. The SMILES string of the molecule is CCCCCc1ccc(C2CCC(CCF)CC2)cc1.Fc1cc(C2CCC(F)CC2)cc(F)c1F. The predicted molar refractivity (Wildman–Crippen MR) is 137 cm³/mol. The van der Waals surface area contributed by atoms with E-state index in [2.05, 4.69) is 31.2 Å². The minimum atomic E-state index is -1.44. The third-order valence-corrected chi connectivity index (χ3v) is 8.02. The molecule has 2 aromatic rings. The molecule has 2 aliphatic rings. The van der Waals surface area contributed by atoms with Crippen LogP contribution in [0.15, 0.2) is 36.4 Å². The van der Waals surface area contributed by atoms with Gasteiger partial charge in [-0.2, -0.15) is 0 Å². The fraction of sp³-hybridized carbons (Fsp3) is 0.613. The summed E-state index contributed by atoms with van der Waals surface area (Å²) in [6, 6.07) is 11.3. The van der Waals surface area contributed by atoms with Gasteiger partial charge in [0.15, 0.2) is 17.5 Å². The molecule has 2 aromatic carbocycles. The molecule has 5 heteroatoms. The van der Waals surface area contributed by atoms with Crippen LogP contribution >= 0.6 is 0 Å². The van der Waals surface area contributed by atoms with Crippen LogP contribution in [0.5, 0.6) is 0 Å². The highest BCUT2D eigenvalue weighted by atomic mass is 19.2. The van der Waals surface area contributed by atoms with E-state index in [1.807, 2.05) is 0 Å². The minimum Gasteiger partial charge on any atom is -0.251 e. The summed E-state index contributed by atoms with van der Waals surface area (Å²) < 4.78 is 64.0. The monoisotopic (exact) mass is 508 g/mol. The van der Waals surface area contributed by atoms with Crippen LogP contribution in [0.4, 0.5) is 22.0 Å². The molecule has 0 aliphatic heterocycles. The number of unbranched alkanes of at least 4 members (excludes halogenated alkanes) is 2. The zero-order valence-corrected chi connectivity index (χ0v) is 21.6. The van der Waals surface area contributed by atoms with Crippen LogP contribution in [0, 0.1) is 23.4 Å². The van der Waals surface area contributed by atoms with Gasteiger partial charge in [-0.25, -0.2) is 17.6 Å². The van der Waals surface area contributed by atoms with E-state index < -0.39 is 23.6 Å². The summed E-state index contributed by atoms with van der Waals surface area (Å²) in [7, 11) is 0. The van der Waals surface area contributed by atoms with E-state index in [1.54, 1.807) is 0 Å². The first-order valence-corrected chi connectivity index (χ1v) is 13.8. The summed E-state index contributed by atoms with van der Waals surface area (Å²) in [5.74, 6) is -2.48. The van der Waals surface area contributed by atoms with Crippen LogP contribution in [-0.4, -0.2) is 12.8 Å². The molecule has 2 fully saturated rings. The van der Waals surface area contributed by atoms with Crippen molar-refractivity contribution in [2.45, 2.75) is 108 Å². The smallest absolute Gasteiger partial charge is 0.194 e. The van der Waals surface area contributed by atoms with Crippen molar-refractivity contribution in [2.24, 2.45) is 5.92 Å². The van der Waals surface area contributed by atoms with Gasteiger partial charge in [0.25, 0.3) is 0 Å². The van der Waals surface area contributed by atoms with Crippen LogP contribution in [0.25, 0.3) is 0 Å². The molecule has 4 rings (SSSR count). The Morgan fingerprint density at radius 2 is 1.28 bits per heavy atom. The number of benzene rings is 2. The van der Waals surface area contributed by atoms with Crippen molar-refractivity contribution in [3.05, 3.63) is 70.5 Å². The van der Waals surface area contributed by atoms with Crippen molar-refractivity contribution in [3.8, 4) is 0 Å². The Bertz CT molecular complexity index is 871. The summed E-state index contributed by atoms with van der Waals surface area (Å²) in [5, 5.41) is 0. The second-order valence-corrected chi connectivity index (χ2v) is 10.6. The van der Waals surface area contributed by atoms with Crippen LogP contribution in [0.3, 0.4) is 0 Å². The molecule has 0 saturated heterocycles. The normalized spacial score (nSPS) is 24.2. The molecular formula is C31H41F5. The molecule has 0 radical (unpaired) electrons. The average molecular weight is 509 g/mol. The van der Waals surface area contributed by atoms with Crippen molar-refractivity contribution in [2.75, 3.05) is 6.67 Å². The first-order chi connectivity index (χ1) is 17.4. The molecule has 0 spiro atoms. The number of aryl methyl sites for hydroxylation is 1. The topological polar surface area (TPSA) is 0 Å². The van der Waals surface area contributed by atoms with E-state index in [0.717, 1.165) is 24.5 Å². The molecule has 0 N–H and O–H groups in total. The number of halogens is 5. The molecule has 2 aliphatic carbocycles. The third kappa shape index (κ3) is 8.59. The molecule has 0 amide bonds. The van der Waals surface area contributed by atoms with Gasteiger partial charge in [-0.3, -0.25) is 4.39 Å². The fourth-order valence-corrected chi connectivity index (χ4v) is 5.67. The predicted octanol–water partition coefficient (Wildman–Crippen LogP) is 10.2. The lowest BCUT2D eigenvalue weighted by atomic mass is 9.77. The first kappa shape index (κ1) is 28.7. The van der Waals surface area contributed by atoms with Gasteiger partial charge in [0.1, 0.15) is 6.17 Å². The average Bonchev–Trinajstić information content (AvgIpc) is 2.89. The lowest BCUT2D eigenvalue weighted by Crippen LogP contribution is -2.14. The second kappa shape index (κ2) is 14.7. The summed E-state index contributed by atoms with van der Waals surface area (Å²) in [6.07, 6.45) is 12.0. The summed E-state index contributed by atoms with van der Waals surface area (Å²) in [6.45, 7) is 2.12. The molecule has 0 nitrogen and oxygen atoms in total. The fourth-order valence-electron chi connectivity index (χ4n) is 5.67. The lowest BCUT2D eigenvalue weighted by Gasteiger charge is -2.28. The summed E-state index contributed by atoms with van der Waals surface area (Å²) in [4.78, 5) is 0. The molecule has 36 heavy (non-hydrogen) atoms. The highest BCUT2D eigenvalue weighted by molar-refractivity contribution is 5.26. The molecule has 2 saturated carbocycles. The maximum absolute atomic E-state index is 13.0. The highest BCUT2D eigenvalue weighted by Crippen LogP contribution is 2.37. The van der Waals surface area contributed by atoms with Crippen LogP contribution in [0.1, 0.15) is 112 Å². The highest BCUT2D eigenvalue weighted by Gasteiger charge is 2.24. The van der Waals surface area contributed by atoms with E-state index in [4.69, 9.17) is 0 Å². The molecule has 0 heterocycles. The molecule has 0 bridgehead atoms. The van der Waals surface area contributed by atoms with E-state index >= 15 is 0 Å². The van der Waals surface area contributed by atoms with Crippen LogP contribution in [-0.2, 0) is 6.42 Å². The maximum atomic E-state index is 13.0. The Morgan fingerprint density at radius 1 is 0.722 bits per heavy atom. The Hall–Kier alpha value is -1.91. The second-order valence-electron chi connectivity index (χ2n) is 10.6. The Balaban J connectivity index is 0.000000205. The summed E-state index contributed by atoms with van der Waals surface area (Å²) in [5.41, 5.74) is 3.42. The molecular weight excluding hydrogens is 467 g/mol. The van der Waals surface area contributed by atoms with Gasteiger partial charge in [-0.1, -0.05) is 44.0 Å². The Labute approximate surface area is 213 Å². The largest absolute Gasteiger partial charge is 0.251 e. The van der Waals surface area contributed by atoms with E-state index in [1.165, 1.54) is 62.5 Å². The lowest BCUT2D eigenvalue weighted by molar-refractivity contribution is 0.235.